The topological polar surface area (TPSA) is 55.0 Å². The van der Waals surface area contributed by atoms with Crippen LogP contribution in [-0.2, 0) is 13.1 Å². The summed E-state index contributed by atoms with van der Waals surface area (Å²) in [5, 5.41) is 13.3. The Bertz CT molecular complexity index is 1210. The third-order valence-electron chi connectivity index (χ3n) is 7.82. The number of nitrogens with zero attached hydrogens (tertiary/aromatic N) is 7. The minimum Gasteiger partial charge on any atom is -0.299 e. The Morgan fingerprint density at radius 1 is 0.806 bits per heavy atom. The maximum absolute atomic E-state index is 4.53. The van der Waals surface area contributed by atoms with Crippen LogP contribution in [0.25, 0.3) is 0 Å². The lowest BCUT2D eigenvalue weighted by Gasteiger charge is -2.37. The second-order valence-electron chi connectivity index (χ2n) is 10.2. The molecule has 7 nitrogen and oxygen atoms in total. The number of hydrogen-bond acceptors (Lipinski definition) is 5. The van der Waals surface area contributed by atoms with Crippen LogP contribution in [0.5, 0.6) is 0 Å². The van der Waals surface area contributed by atoms with Crippen LogP contribution in [0, 0.1) is 0 Å². The van der Waals surface area contributed by atoms with Crippen molar-refractivity contribution < 1.29 is 0 Å². The molecule has 2 aliphatic rings. The molecule has 1 saturated carbocycles. The maximum Gasteiger partial charge on any atom is 0.0808 e. The van der Waals surface area contributed by atoms with Crippen molar-refractivity contribution in [3.63, 3.8) is 0 Å². The van der Waals surface area contributed by atoms with E-state index in [0.717, 1.165) is 44.5 Å². The molecule has 0 bridgehead atoms. The quantitative estimate of drug-likeness (QED) is 0.377. The molecule has 186 valence electrons. The Morgan fingerprint density at radius 3 is 2.39 bits per heavy atom. The van der Waals surface area contributed by atoms with Gasteiger partial charge in [0.2, 0.25) is 0 Å². The lowest BCUT2D eigenvalue weighted by Crippen LogP contribution is -2.42. The third kappa shape index (κ3) is 5.13. The molecule has 3 heterocycles. The molecule has 0 amide bonds. The van der Waals surface area contributed by atoms with Gasteiger partial charge in [0.25, 0.3) is 0 Å². The molecular weight excluding hydrogens is 446 g/mol. The smallest absolute Gasteiger partial charge is 0.0808 e. The summed E-state index contributed by atoms with van der Waals surface area (Å²) in [7, 11) is 0. The Labute approximate surface area is 213 Å². The summed E-state index contributed by atoms with van der Waals surface area (Å²) in [5.41, 5.74) is 4.96. The fraction of sp³-hybridized carbons (Fsp3) is 0.414. The van der Waals surface area contributed by atoms with Gasteiger partial charge in [-0.3, -0.25) is 14.5 Å². The lowest BCUT2D eigenvalue weighted by atomic mass is 9.91. The highest BCUT2D eigenvalue weighted by molar-refractivity contribution is 5.31. The molecule has 0 N–H and O–H groups in total. The molecule has 1 aliphatic heterocycles. The molecule has 36 heavy (non-hydrogen) atoms. The van der Waals surface area contributed by atoms with E-state index in [4.69, 9.17) is 0 Å². The van der Waals surface area contributed by atoms with Crippen LogP contribution in [0.15, 0.2) is 79.3 Å². The van der Waals surface area contributed by atoms with E-state index in [0.29, 0.717) is 0 Å². The van der Waals surface area contributed by atoms with Crippen molar-refractivity contribution in [3.05, 3.63) is 102 Å². The van der Waals surface area contributed by atoms with Crippen molar-refractivity contribution in [2.45, 2.75) is 50.9 Å². The van der Waals surface area contributed by atoms with Gasteiger partial charge in [-0.25, -0.2) is 4.68 Å². The van der Waals surface area contributed by atoms with Crippen molar-refractivity contribution in [1.29, 1.82) is 0 Å². The first-order valence-electron chi connectivity index (χ1n) is 13.3. The van der Waals surface area contributed by atoms with Gasteiger partial charge in [-0.05, 0) is 48.6 Å². The SMILES string of the molecule is c1ccc(Cn2nncc2C(c2ccc(Cn3cccn3)cc2)N2CCCN(C3CCC3)CC2)cc1. The largest absolute Gasteiger partial charge is 0.299 e. The van der Waals surface area contributed by atoms with Gasteiger partial charge in [-0.15, -0.1) is 5.10 Å². The standard InChI is InChI=1S/C29H35N7/c1-2-7-24(8-3-1)23-36-28(21-30-32-36)29(34-17-6-16-33(19-20-34)27-9-4-10-27)26-13-11-25(12-14-26)22-35-18-5-15-31-35/h1-3,5,7-8,11-15,18,21,27,29H,4,6,9-10,16-17,19-20,22-23H2. The zero-order valence-electron chi connectivity index (χ0n) is 20.9. The van der Waals surface area contributed by atoms with E-state index in [1.165, 1.54) is 48.9 Å². The maximum atomic E-state index is 4.53. The normalized spacial score (nSPS) is 18.6. The highest BCUT2D eigenvalue weighted by atomic mass is 15.4. The Hall–Kier alpha value is -3.29. The molecule has 0 spiro atoms. The van der Waals surface area contributed by atoms with Gasteiger partial charge in [0.05, 0.1) is 31.0 Å². The van der Waals surface area contributed by atoms with Gasteiger partial charge < -0.3 is 0 Å². The first-order chi connectivity index (χ1) is 17.8. The van der Waals surface area contributed by atoms with Crippen LogP contribution < -0.4 is 0 Å². The first kappa shape index (κ1) is 23.1. The van der Waals surface area contributed by atoms with Crippen LogP contribution in [-0.4, -0.2) is 66.8 Å². The minimum absolute atomic E-state index is 0.129. The average Bonchev–Trinajstić information content (AvgIpc) is 3.49. The molecule has 2 fully saturated rings. The molecule has 0 radical (unpaired) electrons. The zero-order chi connectivity index (χ0) is 24.2. The van der Waals surface area contributed by atoms with Crippen LogP contribution in [0.4, 0.5) is 0 Å². The second kappa shape index (κ2) is 10.8. The predicted molar refractivity (Wildman–Crippen MR) is 141 cm³/mol. The van der Waals surface area contributed by atoms with Crippen molar-refractivity contribution >= 4 is 0 Å². The van der Waals surface area contributed by atoms with E-state index >= 15 is 0 Å². The molecule has 1 atom stereocenters. The van der Waals surface area contributed by atoms with Gasteiger partial charge in [0.1, 0.15) is 0 Å². The monoisotopic (exact) mass is 481 g/mol. The minimum atomic E-state index is 0.129. The summed E-state index contributed by atoms with van der Waals surface area (Å²) >= 11 is 0. The summed E-state index contributed by atoms with van der Waals surface area (Å²) in [6, 6.07) is 22.5. The third-order valence-corrected chi connectivity index (χ3v) is 7.82. The van der Waals surface area contributed by atoms with Gasteiger partial charge >= 0.3 is 0 Å². The molecular formula is C29H35N7. The predicted octanol–water partition coefficient (Wildman–Crippen LogP) is 4.22. The fourth-order valence-corrected chi connectivity index (χ4v) is 5.64. The highest BCUT2D eigenvalue weighted by Gasteiger charge is 2.31. The number of aromatic nitrogens is 5. The highest BCUT2D eigenvalue weighted by Crippen LogP contribution is 2.32. The molecule has 4 aromatic rings. The van der Waals surface area contributed by atoms with E-state index in [2.05, 4.69) is 84.5 Å². The second-order valence-corrected chi connectivity index (χ2v) is 10.2. The Balaban J connectivity index is 1.29. The number of hydrogen-bond donors (Lipinski definition) is 0. The van der Waals surface area contributed by atoms with E-state index in [1.807, 2.05) is 29.3 Å². The van der Waals surface area contributed by atoms with Crippen LogP contribution in [0.2, 0.25) is 0 Å². The van der Waals surface area contributed by atoms with Crippen LogP contribution in [0.1, 0.15) is 54.1 Å². The summed E-state index contributed by atoms with van der Waals surface area (Å²) in [6.07, 6.45) is 11.1. The molecule has 1 saturated heterocycles. The number of benzene rings is 2. The summed E-state index contributed by atoms with van der Waals surface area (Å²) in [5.74, 6) is 0. The van der Waals surface area contributed by atoms with Crippen molar-refractivity contribution in [1.82, 2.24) is 34.6 Å². The van der Waals surface area contributed by atoms with E-state index in [9.17, 15) is 0 Å². The molecule has 2 aromatic heterocycles. The molecule has 1 aliphatic carbocycles. The summed E-state index contributed by atoms with van der Waals surface area (Å²) in [6.45, 7) is 6.00. The first-order valence-corrected chi connectivity index (χ1v) is 13.3. The van der Waals surface area contributed by atoms with Crippen LogP contribution >= 0.6 is 0 Å². The lowest BCUT2D eigenvalue weighted by molar-refractivity contribution is 0.128. The van der Waals surface area contributed by atoms with Gasteiger partial charge in [0.15, 0.2) is 0 Å². The van der Waals surface area contributed by atoms with Crippen molar-refractivity contribution in [2.24, 2.45) is 0 Å². The summed E-state index contributed by atoms with van der Waals surface area (Å²) < 4.78 is 4.06. The zero-order valence-corrected chi connectivity index (χ0v) is 20.9. The van der Waals surface area contributed by atoms with Gasteiger partial charge in [-0.2, -0.15) is 5.10 Å². The molecule has 6 rings (SSSR count). The van der Waals surface area contributed by atoms with E-state index in [1.54, 1.807) is 0 Å². The fourth-order valence-electron chi connectivity index (χ4n) is 5.64. The van der Waals surface area contributed by atoms with Gasteiger partial charge in [-0.1, -0.05) is 66.2 Å². The van der Waals surface area contributed by atoms with E-state index in [-0.39, 0.29) is 6.04 Å². The molecule has 2 aromatic carbocycles. The number of rotatable bonds is 8. The average molecular weight is 482 g/mol. The van der Waals surface area contributed by atoms with Gasteiger partial charge in [0, 0.05) is 38.1 Å². The van der Waals surface area contributed by atoms with Crippen LogP contribution in [0.3, 0.4) is 0 Å². The van der Waals surface area contributed by atoms with E-state index < -0.39 is 0 Å². The molecule has 7 heteroatoms. The molecule has 1 unspecified atom stereocenters. The Morgan fingerprint density at radius 2 is 1.64 bits per heavy atom. The van der Waals surface area contributed by atoms with Crippen molar-refractivity contribution in [3.8, 4) is 0 Å². The van der Waals surface area contributed by atoms with Crippen molar-refractivity contribution in [2.75, 3.05) is 26.2 Å². The summed E-state index contributed by atoms with van der Waals surface area (Å²) in [4.78, 5) is 5.38. The Kier molecular flexibility index (Phi) is 6.92.